The highest BCUT2D eigenvalue weighted by molar-refractivity contribution is 6.31. The average Bonchev–Trinajstić information content (AvgIpc) is 2.57. The molecule has 1 amide bonds. The highest BCUT2D eigenvalue weighted by Gasteiger charge is 2.08. The zero-order valence-corrected chi connectivity index (χ0v) is 14.8. The highest BCUT2D eigenvalue weighted by Crippen LogP contribution is 2.22. The Labute approximate surface area is 151 Å². The van der Waals surface area contributed by atoms with Crippen molar-refractivity contribution in [2.24, 2.45) is 5.16 Å². The van der Waals surface area contributed by atoms with Crippen molar-refractivity contribution in [2.45, 2.75) is 32.9 Å². The smallest absolute Gasteiger partial charge is 0.404 e. The van der Waals surface area contributed by atoms with Crippen LogP contribution in [-0.2, 0) is 18.0 Å². The summed E-state index contributed by atoms with van der Waals surface area (Å²) in [4.78, 5) is 20.2. The number of carboxylic acid groups (broad SMARTS) is 1. The first-order valence-electron chi connectivity index (χ1n) is 7.79. The molecule has 0 spiro atoms. The molecule has 2 aromatic rings. The van der Waals surface area contributed by atoms with Gasteiger partial charge in [0.25, 0.3) is 0 Å². The van der Waals surface area contributed by atoms with Crippen LogP contribution in [0.4, 0.5) is 4.79 Å². The zero-order chi connectivity index (χ0) is 18.2. The van der Waals surface area contributed by atoms with Crippen molar-refractivity contribution in [3.05, 3.63) is 63.9 Å². The molecule has 1 heterocycles. The molecule has 2 N–H and O–H groups in total. The number of halogens is 1. The number of aryl methyl sites for hydroxylation is 1. The number of amides is 1. The molecule has 25 heavy (non-hydrogen) atoms. The lowest BCUT2D eigenvalue weighted by atomic mass is 10.00. The van der Waals surface area contributed by atoms with Crippen LogP contribution in [0.1, 0.15) is 35.4 Å². The van der Waals surface area contributed by atoms with E-state index in [1.165, 1.54) is 0 Å². The molecule has 0 bridgehead atoms. The van der Waals surface area contributed by atoms with Gasteiger partial charge in [0.15, 0.2) is 6.61 Å². The molecule has 0 saturated carbocycles. The number of carbonyl (C=O) groups is 1. The Morgan fingerprint density at radius 2 is 2.24 bits per heavy atom. The quantitative estimate of drug-likeness (QED) is 0.574. The molecular formula is C18H20ClN3O3. The van der Waals surface area contributed by atoms with E-state index in [1.807, 2.05) is 44.2 Å². The molecule has 1 unspecified atom stereocenters. The van der Waals surface area contributed by atoms with Crippen LogP contribution in [-0.4, -0.2) is 22.4 Å². The van der Waals surface area contributed by atoms with Crippen molar-refractivity contribution < 1.29 is 14.7 Å². The first-order valence-corrected chi connectivity index (χ1v) is 8.16. The fraction of sp³-hybridized carbons (Fsp3) is 0.278. The van der Waals surface area contributed by atoms with Gasteiger partial charge in [-0.15, -0.1) is 0 Å². The third-order valence-corrected chi connectivity index (χ3v) is 3.91. The largest absolute Gasteiger partial charge is 0.465 e. The van der Waals surface area contributed by atoms with Gasteiger partial charge in [-0.05, 0) is 36.2 Å². The van der Waals surface area contributed by atoms with E-state index in [0.717, 1.165) is 17.0 Å². The third-order valence-electron chi connectivity index (χ3n) is 3.54. The molecular weight excluding hydrogens is 342 g/mol. The monoisotopic (exact) mass is 361 g/mol. The summed E-state index contributed by atoms with van der Waals surface area (Å²) in [6.45, 7) is 4.35. The lowest BCUT2D eigenvalue weighted by Crippen LogP contribution is -2.20. The van der Waals surface area contributed by atoms with E-state index in [2.05, 4.69) is 15.5 Å². The minimum atomic E-state index is -1.09. The second kappa shape index (κ2) is 9.03. The summed E-state index contributed by atoms with van der Waals surface area (Å²) in [6, 6.07) is 11.2. The molecule has 0 aliphatic carbocycles. The average molecular weight is 362 g/mol. The Bertz CT molecular complexity index is 765. The van der Waals surface area contributed by atoms with Gasteiger partial charge in [0.2, 0.25) is 0 Å². The summed E-state index contributed by atoms with van der Waals surface area (Å²) in [5, 5.41) is 15.5. The van der Waals surface area contributed by atoms with Crippen molar-refractivity contribution in [3.8, 4) is 0 Å². The molecule has 0 fully saturated rings. The molecule has 2 rings (SSSR count). The van der Waals surface area contributed by atoms with Crippen molar-refractivity contribution in [1.29, 1.82) is 0 Å². The SMILES string of the molecule is Cc1cccc(CON=CC(C)c2ccc(Cl)c(CNC(=O)O)c2)n1. The molecule has 0 aliphatic heterocycles. The van der Waals surface area contributed by atoms with E-state index >= 15 is 0 Å². The Kier molecular flexibility index (Phi) is 6.77. The summed E-state index contributed by atoms with van der Waals surface area (Å²) >= 11 is 6.09. The second-order valence-electron chi connectivity index (χ2n) is 5.60. The molecule has 0 saturated heterocycles. The maximum absolute atomic E-state index is 10.6. The molecule has 6 nitrogen and oxygen atoms in total. The highest BCUT2D eigenvalue weighted by atomic mass is 35.5. The van der Waals surface area contributed by atoms with E-state index < -0.39 is 6.09 Å². The third kappa shape index (κ3) is 6.08. The van der Waals surface area contributed by atoms with E-state index in [1.54, 1.807) is 12.3 Å². The van der Waals surface area contributed by atoms with Crippen molar-refractivity contribution in [1.82, 2.24) is 10.3 Å². The van der Waals surface area contributed by atoms with Crippen LogP contribution in [0.5, 0.6) is 0 Å². The van der Waals surface area contributed by atoms with Crippen LogP contribution < -0.4 is 5.32 Å². The molecule has 1 aromatic heterocycles. The lowest BCUT2D eigenvalue weighted by molar-refractivity contribution is 0.128. The second-order valence-corrected chi connectivity index (χ2v) is 6.00. The van der Waals surface area contributed by atoms with E-state index in [0.29, 0.717) is 17.2 Å². The molecule has 1 atom stereocenters. The van der Waals surface area contributed by atoms with Crippen LogP contribution in [0.3, 0.4) is 0 Å². The Morgan fingerprint density at radius 3 is 2.96 bits per heavy atom. The number of nitrogens with one attached hydrogen (secondary N) is 1. The predicted molar refractivity (Wildman–Crippen MR) is 97.0 cm³/mol. The van der Waals surface area contributed by atoms with Crippen LogP contribution >= 0.6 is 11.6 Å². The Hall–Kier alpha value is -2.60. The number of benzene rings is 1. The zero-order valence-electron chi connectivity index (χ0n) is 14.1. The topological polar surface area (TPSA) is 83.8 Å². The molecule has 1 aromatic carbocycles. The van der Waals surface area contributed by atoms with E-state index in [9.17, 15) is 4.79 Å². The standard InChI is InChI=1S/C18H20ClN3O3/c1-12(9-21-25-11-16-5-3-4-13(2)22-16)14-6-7-17(19)15(8-14)10-20-18(23)24/h3-9,12,20H,10-11H2,1-2H3,(H,23,24). The fourth-order valence-electron chi connectivity index (χ4n) is 2.19. The predicted octanol–water partition coefficient (Wildman–Crippen LogP) is 4.12. The van der Waals surface area contributed by atoms with Gasteiger partial charge in [-0.2, -0.15) is 0 Å². The fourth-order valence-corrected chi connectivity index (χ4v) is 2.37. The number of oxime groups is 1. The van der Waals surface area contributed by atoms with Crippen LogP contribution in [0.15, 0.2) is 41.6 Å². The van der Waals surface area contributed by atoms with Crippen molar-refractivity contribution in [3.63, 3.8) is 0 Å². The Balaban J connectivity index is 1.94. The van der Waals surface area contributed by atoms with Crippen LogP contribution in [0, 0.1) is 6.92 Å². The summed E-state index contributed by atoms with van der Waals surface area (Å²) in [6.07, 6.45) is 0.599. The number of hydrogen-bond donors (Lipinski definition) is 2. The van der Waals surface area contributed by atoms with Crippen molar-refractivity contribution >= 4 is 23.9 Å². The number of nitrogens with zero attached hydrogens (tertiary/aromatic N) is 2. The first-order chi connectivity index (χ1) is 12.0. The van der Waals surface area contributed by atoms with Crippen LogP contribution in [0.2, 0.25) is 5.02 Å². The first kappa shape index (κ1) is 18.7. The van der Waals surface area contributed by atoms with Gasteiger partial charge in [-0.1, -0.05) is 41.9 Å². The van der Waals surface area contributed by atoms with Gasteiger partial charge in [0.05, 0.1) is 11.9 Å². The minimum Gasteiger partial charge on any atom is -0.465 e. The lowest BCUT2D eigenvalue weighted by Gasteiger charge is -2.10. The molecule has 0 radical (unpaired) electrons. The van der Waals surface area contributed by atoms with Crippen LogP contribution in [0.25, 0.3) is 0 Å². The minimum absolute atomic E-state index is 0.00804. The number of hydrogen-bond acceptors (Lipinski definition) is 4. The van der Waals surface area contributed by atoms with Gasteiger partial charge in [0.1, 0.15) is 0 Å². The molecule has 7 heteroatoms. The normalized spacial score (nSPS) is 12.1. The molecule has 132 valence electrons. The van der Waals surface area contributed by atoms with Crippen molar-refractivity contribution in [2.75, 3.05) is 0 Å². The summed E-state index contributed by atoms with van der Waals surface area (Å²) in [5.41, 5.74) is 3.43. The summed E-state index contributed by atoms with van der Waals surface area (Å²) in [5.74, 6) is -0.00804. The van der Waals surface area contributed by atoms with Gasteiger partial charge < -0.3 is 15.3 Å². The van der Waals surface area contributed by atoms with Gasteiger partial charge in [-0.25, -0.2) is 4.79 Å². The van der Waals surface area contributed by atoms with E-state index in [-0.39, 0.29) is 12.5 Å². The van der Waals surface area contributed by atoms with Gasteiger partial charge >= 0.3 is 6.09 Å². The number of pyridine rings is 1. The number of aromatic nitrogens is 1. The summed E-state index contributed by atoms with van der Waals surface area (Å²) in [7, 11) is 0. The maximum atomic E-state index is 10.6. The van der Waals surface area contributed by atoms with E-state index in [4.69, 9.17) is 21.5 Å². The Morgan fingerprint density at radius 1 is 1.44 bits per heavy atom. The summed E-state index contributed by atoms with van der Waals surface area (Å²) < 4.78 is 0. The van der Waals surface area contributed by atoms with Gasteiger partial charge in [-0.3, -0.25) is 4.98 Å². The maximum Gasteiger partial charge on any atom is 0.404 e. The van der Waals surface area contributed by atoms with Gasteiger partial charge in [0, 0.05) is 23.2 Å². The number of rotatable bonds is 7. The molecule has 0 aliphatic rings.